The molecule has 2 aliphatic carbocycles. The number of aliphatic carboxylic acids is 1. The number of carboxylic acid groups (broad SMARTS) is 1. The van der Waals surface area contributed by atoms with Gasteiger partial charge in [-0.2, -0.15) is 0 Å². The fraction of sp³-hybridized carbons (Fsp3) is 0.500. The molecule has 0 radical (unpaired) electrons. The summed E-state index contributed by atoms with van der Waals surface area (Å²) in [5, 5.41) is 8.47. The van der Waals surface area contributed by atoms with Gasteiger partial charge in [0.15, 0.2) is 0 Å². The Morgan fingerprint density at radius 2 is 1.53 bits per heavy atom. The van der Waals surface area contributed by atoms with Gasteiger partial charge in [-0.3, -0.25) is 4.79 Å². The fourth-order valence-electron chi connectivity index (χ4n) is 3.44. The number of aryl methyl sites for hydroxylation is 1. The van der Waals surface area contributed by atoms with E-state index in [9.17, 15) is 13.6 Å². The molecule has 4 nitrogen and oxygen atoms in total. The number of halogens is 2. The Morgan fingerprint density at radius 3 is 2.09 bits per heavy atom. The van der Waals surface area contributed by atoms with E-state index in [4.69, 9.17) is 14.6 Å². The van der Waals surface area contributed by atoms with Gasteiger partial charge in [0.1, 0.15) is 23.0 Å². The first-order valence-electron chi connectivity index (χ1n) is 11.3. The molecule has 6 heteroatoms. The van der Waals surface area contributed by atoms with Crippen LogP contribution in [0.2, 0.25) is 0 Å². The van der Waals surface area contributed by atoms with Crippen LogP contribution in [0, 0.1) is 5.82 Å². The van der Waals surface area contributed by atoms with E-state index >= 15 is 0 Å². The fourth-order valence-corrected chi connectivity index (χ4v) is 3.44. The average molecular weight is 449 g/mol. The molecule has 2 aromatic rings. The highest BCUT2D eigenvalue weighted by Crippen LogP contribution is 2.42. The molecule has 2 fully saturated rings. The number of methoxy groups -OCH3 is 2. The van der Waals surface area contributed by atoms with Crippen LogP contribution < -0.4 is 9.47 Å². The Kier molecular flexibility index (Phi) is 10.4. The van der Waals surface area contributed by atoms with Gasteiger partial charge in [-0.1, -0.05) is 37.8 Å². The summed E-state index contributed by atoms with van der Waals surface area (Å²) in [5.41, 5.74) is -0.357. The van der Waals surface area contributed by atoms with Gasteiger partial charge in [-0.25, -0.2) is 8.78 Å². The summed E-state index contributed by atoms with van der Waals surface area (Å²) in [6.07, 6.45) is 8.73. The molecule has 0 amide bonds. The van der Waals surface area contributed by atoms with E-state index in [-0.39, 0.29) is 12.0 Å². The van der Waals surface area contributed by atoms with E-state index < -0.39 is 17.5 Å². The smallest absolute Gasteiger partial charge is 0.303 e. The van der Waals surface area contributed by atoms with Crippen molar-refractivity contribution in [2.75, 3.05) is 14.2 Å². The molecule has 0 unspecified atom stereocenters. The molecule has 0 spiro atoms. The molecule has 0 aliphatic heterocycles. The SMILES string of the molecule is C1CC1.COc1ccc(F)c(C2(F)CCCCC2)c1.COc1cccc(CCC(=O)O)c1. The lowest BCUT2D eigenvalue weighted by atomic mass is 9.81. The molecule has 2 saturated carbocycles. The molecule has 0 aromatic heterocycles. The minimum absolute atomic E-state index is 0.159. The van der Waals surface area contributed by atoms with E-state index in [2.05, 4.69) is 0 Å². The van der Waals surface area contributed by atoms with Gasteiger partial charge >= 0.3 is 5.97 Å². The lowest BCUT2D eigenvalue weighted by Crippen LogP contribution is -2.24. The Labute approximate surface area is 189 Å². The average Bonchev–Trinajstić information content (AvgIpc) is 3.69. The number of carboxylic acids is 1. The molecule has 0 saturated heterocycles. The number of alkyl halides is 1. The zero-order chi connectivity index (χ0) is 23.4. The number of benzene rings is 2. The molecule has 32 heavy (non-hydrogen) atoms. The van der Waals surface area contributed by atoms with Crippen LogP contribution in [-0.4, -0.2) is 25.3 Å². The lowest BCUT2D eigenvalue weighted by Gasteiger charge is -2.30. The van der Waals surface area contributed by atoms with Crippen molar-refractivity contribution in [3.63, 3.8) is 0 Å². The zero-order valence-electron chi connectivity index (χ0n) is 19.0. The minimum Gasteiger partial charge on any atom is -0.497 e. The summed E-state index contributed by atoms with van der Waals surface area (Å²) in [6, 6.07) is 11.7. The quantitative estimate of drug-likeness (QED) is 0.525. The Bertz CT molecular complexity index is 843. The summed E-state index contributed by atoms with van der Waals surface area (Å²) in [7, 11) is 3.10. The number of ether oxygens (including phenoxy) is 2. The molecule has 2 aliphatic rings. The van der Waals surface area contributed by atoms with E-state index in [1.54, 1.807) is 7.11 Å². The van der Waals surface area contributed by atoms with Crippen molar-refractivity contribution in [1.29, 1.82) is 0 Å². The van der Waals surface area contributed by atoms with Gasteiger partial charge in [0.2, 0.25) is 0 Å². The number of carbonyl (C=O) groups is 1. The summed E-state index contributed by atoms with van der Waals surface area (Å²) in [4.78, 5) is 10.3. The van der Waals surface area contributed by atoms with Crippen molar-refractivity contribution in [3.05, 3.63) is 59.4 Å². The Morgan fingerprint density at radius 1 is 0.938 bits per heavy atom. The van der Waals surface area contributed by atoms with Crippen molar-refractivity contribution in [2.24, 2.45) is 0 Å². The van der Waals surface area contributed by atoms with Gasteiger partial charge in [0.25, 0.3) is 0 Å². The summed E-state index contributed by atoms with van der Waals surface area (Å²) >= 11 is 0. The third-order valence-corrected chi connectivity index (χ3v) is 5.42. The topological polar surface area (TPSA) is 55.8 Å². The van der Waals surface area contributed by atoms with Crippen LogP contribution in [0.4, 0.5) is 8.78 Å². The highest BCUT2D eigenvalue weighted by molar-refractivity contribution is 5.67. The largest absolute Gasteiger partial charge is 0.497 e. The molecule has 0 bridgehead atoms. The van der Waals surface area contributed by atoms with E-state index in [0.717, 1.165) is 30.6 Å². The summed E-state index contributed by atoms with van der Waals surface area (Å²) < 4.78 is 38.3. The Hall–Kier alpha value is -2.63. The highest BCUT2D eigenvalue weighted by Gasteiger charge is 2.36. The van der Waals surface area contributed by atoms with E-state index in [1.165, 1.54) is 44.6 Å². The summed E-state index contributed by atoms with van der Waals surface area (Å²) in [5.74, 6) is 0.0370. The van der Waals surface area contributed by atoms with Crippen LogP contribution in [0.1, 0.15) is 68.9 Å². The number of hydrogen-bond donors (Lipinski definition) is 1. The van der Waals surface area contributed by atoms with E-state index in [0.29, 0.717) is 25.0 Å². The highest BCUT2D eigenvalue weighted by atomic mass is 19.1. The first kappa shape index (κ1) is 25.6. The standard InChI is InChI=1S/C13H16F2O.C10H12O3.C3H6/c1-16-10-5-6-12(14)11(9-10)13(15)7-3-2-4-8-13;1-13-9-4-2-3-8(7-9)5-6-10(11)12;1-2-3-1/h5-6,9H,2-4,7-8H2,1H3;2-4,7H,5-6H2,1H3,(H,11,12);1-3H2. The molecule has 1 N–H and O–H groups in total. The monoisotopic (exact) mass is 448 g/mol. The zero-order valence-corrected chi connectivity index (χ0v) is 19.0. The molecule has 0 atom stereocenters. The predicted octanol–water partition coefficient (Wildman–Crippen LogP) is 6.85. The molecular weight excluding hydrogens is 414 g/mol. The molecule has 2 aromatic carbocycles. The molecule has 0 heterocycles. The molecular formula is C26H34F2O4. The van der Waals surface area contributed by atoms with Crippen LogP contribution >= 0.6 is 0 Å². The second-order valence-electron chi connectivity index (χ2n) is 8.18. The first-order valence-corrected chi connectivity index (χ1v) is 11.3. The van der Waals surface area contributed by atoms with Crippen molar-refractivity contribution >= 4 is 5.97 Å². The summed E-state index contributed by atoms with van der Waals surface area (Å²) in [6.45, 7) is 0. The van der Waals surface area contributed by atoms with Gasteiger partial charge in [-0.05, 0) is 68.0 Å². The maximum absolute atomic E-state index is 14.6. The molecule has 4 rings (SSSR count). The molecule has 176 valence electrons. The van der Waals surface area contributed by atoms with Crippen LogP contribution in [0.15, 0.2) is 42.5 Å². The Balaban J connectivity index is 0.000000204. The lowest BCUT2D eigenvalue weighted by molar-refractivity contribution is -0.136. The van der Waals surface area contributed by atoms with Crippen LogP contribution in [0.3, 0.4) is 0 Å². The van der Waals surface area contributed by atoms with Gasteiger partial charge in [-0.15, -0.1) is 0 Å². The predicted molar refractivity (Wildman–Crippen MR) is 122 cm³/mol. The van der Waals surface area contributed by atoms with Gasteiger partial charge in [0, 0.05) is 12.0 Å². The van der Waals surface area contributed by atoms with Crippen molar-refractivity contribution in [3.8, 4) is 11.5 Å². The number of rotatable bonds is 6. The van der Waals surface area contributed by atoms with Crippen LogP contribution in [0.25, 0.3) is 0 Å². The van der Waals surface area contributed by atoms with Crippen LogP contribution in [-0.2, 0) is 16.9 Å². The normalized spacial score (nSPS) is 15.9. The van der Waals surface area contributed by atoms with Crippen molar-refractivity contribution in [2.45, 2.75) is 69.9 Å². The van der Waals surface area contributed by atoms with Gasteiger partial charge < -0.3 is 14.6 Å². The van der Waals surface area contributed by atoms with Crippen molar-refractivity contribution < 1.29 is 28.2 Å². The third kappa shape index (κ3) is 8.85. The second-order valence-corrected chi connectivity index (χ2v) is 8.18. The first-order chi connectivity index (χ1) is 15.4. The maximum Gasteiger partial charge on any atom is 0.303 e. The third-order valence-electron chi connectivity index (χ3n) is 5.42. The second kappa shape index (κ2) is 13.0. The van der Waals surface area contributed by atoms with E-state index in [1.807, 2.05) is 24.3 Å². The maximum atomic E-state index is 14.6. The van der Waals surface area contributed by atoms with Crippen LogP contribution in [0.5, 0.6) is 11.5 Å². The van der Waals surface area contributed by atoms with Crippen molar-refractivity contribution in [1.82, 2.24) is 0 Å². The number of hydrogen-bond acceptors (Lipinski definition) is 3. The van der Waals surface area contributed by atoms with Gasteiger partial charge in [0.05, 0.1) is 14.2 Å². The minimum atomic E-state index is -1.50.